The predicted octanol–water partition coefficient (Wildman–Crippen LogP) is 7.39. The molecule has 0 saturated carbocycles. The van der Waals surface area contributed by atoms with Crippen molar-refractivity contribution in [3.63, 3.8) is 0 Å². The molecule has 0 aliphatic heterocycles. The molecule has 0 aliphatic carbocycles. The molecule has 0 aliphatic rings. The standard InChI is InChI=1S/C20H17Cl3N2O2S/c1-12-3-5-14(6-4-12)19(13(2)25-8-7-24-11-25)28-20(26)27-15-9-16(21)18(23)17(22)10-15/h3-11,13,19H,1-2H3. The van der Waals surface area contributed by atoms with Gasteiger partial charge < -0.3 is 9.30 Å². The molecule has 1 aromatic heterocycles. The lowest BCUT2D eigenvalue weighted by Crippen LogP contribution is -2.15. The molecule has 3 aromatic rings. The summed E-state index contributed by atoms with van der Waals surface area (Å²) in [5.74, 6) is 0.245. The van der Waals surface area contributed by atoms with Gasteiger partial charge in [0.15, 0.2) is 0 Å². The number of ether oxygens (including phenoxy) is 1. The summed E-state index contributed by atoms with van der Waals surface area (Å²) in [5, 5.41) is 0.0299. The van der Waals surface area contributed by atoms with Gasteiger partial charge in [0, 0.05) is 30.6 Å². The van der Waals surface area contributed by atoms with Crippen LogP contribution in [0.3, 0.4) is 0 Å². The highest BCUT2D eigenvalue weighted by atomic mass is 35.5. The Morgan fingerprint density at radius 1 is 1.14 bits per heavy atom. The van der Waals surface area contributed by atoms with Crippen LogP contribution in [0.25, 0.3) is 0 Å². The van der Waals surface area contributed by atoms with Crippen molar-refractivity contribution < 1.29 is 9.53 Å². The smallest absolute Gasteiger partial charge is 0.373 e. The number of aryl methyl sites for hydroxylation is 1. The number of hydrogen-bond donors (Lipinski definition) is 0. The topological polar surface area (TPSA) is 44.1 Å². The van der Waals surface area contributed by atoms with E-state index in [2.05, 4.69) is 4.98 Å². The molecule has 0 fully saturated rings. The summed E-state index contributed by atoms with van der Waals surface area (Å²) in [7, 11) is 0. The molecule has 3 rings (SSSR count). The van der Waals surface area contributed by atoms with Crippen molar-refractivity contribution in [2.45, 2.75) is 25.1 Å². The van der Waals surface area contributed by atoms with E-state index in [1.807, 2.05) is 48.9 Å². The van der Waals surface area contributed by atoms with Crippen LogP contribution in [0, 0.1) is 6.92 Å². The largest absolute Gasteiger partial charge is 0.418 e. The average molecular weight is 456 g/mol. The number of hydrogen-bond acceptors (Lipinski definition) is 4. The van der Waals surface area contributed by atoms with Crippen LogP contribution in [-0.2, 0) is 0 Å². The molecule has 146 valence electrons. The van der Waals surface area contributed by atoms with Crippen molar-refractivity contribution in [2.75, 3.05) is 0 Å². The zero-order valence-electron chi connectivity index (χ0n) is 15.1. The first-order chi connectivity index (χ1) is 13.3. The number of rotatable bonds is 5. The summed E-state index contributed by atoms with van der Waals surface area (Å²) in [6.07, 6.45) is 5.32. The minimum atomic E-state index is -0.466. The van der Waals surface area contributed by atoms with Crippen LogP contribution < -0.4 is 4.74 Å². The van der Waals surface area contributed by atoms with Gasteiger partial charge in [-0.05, 0) is 31.2 Å². The third-order valence-corrected chi connectivity index (χ3v) is 6.61. The van der Waals surface area contributed by atoms with Crippen molar-refractivity contribution >= 4 is 51.9 Å². The van der Waals surface area contributed by atoms with Gasteiger partial charge in [-0.3, -0.25) is 0 Å². The predicted molar refractivity (Wildman–Crippen MR) is 116 cm³/mol. The SMILES string of the molecule is Cc1ccc(C(SC(=O)Oc2cc(Cl)c(Cl)c(Cl)c2)C(C)n2ccnc2)cc1. The number of halogens is 3. The maximum absolute atomic E-state index is 12.6. The Kier molecular flexibility index (Phi) is 6.94. The summed E-state index contributed by atoms with van der Waals surface area (Å²) in [6, 6.07) is 11.0. The molecule has 0 spiro atoms. The van der Waals surface area contributed by atoms with Crippen LogP contribution in [0.5, 0.6) is 5.75 Å². The average Bonchev–Trinajstić information content (AvgIpc) is 3.19. The first-order valence-electron chi connectivity index (χ1n) is 8.42. The molecule has 2 atom stereocenters. The molecule has 0 bridgehead atoms. The summed E-state index contributed by atoms with van der Waals surface area (Å²) in [4.78, 5) is 16.7. The van der Waals surface area contributed by atoms with Gasteiger partial charge in [0.05, 0.1) is 26.6 Å². The van der Waals surface area contributed by atoms with Crippen LogP contribution in [0.1, 0.15) is 29.3 Å². The number of nitrogens with zero attached hydrogens (tertiary/aromatic N) is 2. The quantitative estimate of drug-likeness (QED) is 0.297. The van der Waals surface area contributed by atoms with Crippen molar-refractivity contribution in [1.82, 2.24) is 9.55 Å². The molecule has 1 heterocycles. The van der Waals surface area contributed by atoms with Gasteiger partial charge in [-0.1, -0.05) is 64.6 Å². The summed E-state index contributed by atoms with van der Waals surface area (Å²) in [5.41, 5.74) is 2.16. The highest BCUT2D eigenvalue weighted by Gasteiger charge is 2.26. The van der Waals surface area contributed by atoms with E-state index in [0.29, 0.717) is 0 Å². The maximum atomic E-state index is 12.6. The number of carbonyl (C=O) groups excluding carboxylic acids is 1. The molecule has 2 unspecified atom stereocenters. The van der Waals surface area contributed by atoms with Crippen LogP contribution in [0.4, 0.5) is 4.79 Å². The highest BCUT2D eigenvalue weighted by molar-refractivity contribution is 8.13. The normalized spacial score (nSPS) is 13.2. The lowest BCUT2D eigenvalue weighted by Gasteiger charge is -2.24. The Balaban J connectivity index is 1.82. The Labute approximate surface area is 182 Å². The van der Waals surface area contributed by atoms with E-state index in [1.165, 1.54) is 12.1 Å². The lowest BCUT2D eigenvalue weighted by atomic mass is 10.0. The Morgan fingerprint density at radius 2 is 1.79 bits per heavy atom. The van der Waals surface area contributed by atoms with Crippen LogP contribution in [0.15, 0.2) is 55.1 Å². The van der Waals surface area contributed by atoms with Crippen molar-refractivity contribution in [2.24, 2.45) is 0 Å². The molecule has 0 saturated heterocycles. The molecule has 0 radical (unpaired) electrons. The zero-order chi connectivity index (χ0) is 20.3. The van der Waals surface area contributed by atoms with Gasteiger partial charge in [0.2, 0.25) is 0 Å². The monoisotopic (exact) mass is 454 g/mol. The fraction of sp³-hybridized carbons (Fsp3) is 0.200. The Hall–Kier alpha value is -1.66. The van der Waals surface area contributed by atoms with Crippen LogP contribution >= 0.6 is 46.6 Å². The number of imidazole rings is 1. The van der Waals surface area contributed by atoms with Gasteiger partial charge in [-0.2, -0.15) is 0 Å². The Bertz CT molecular complexity index is 939. The minimum Gasteiger partial charge on any atom is -0.418 e. The van der Waals surface area contributed by atoms with E-state index in [4.69, 9.17) is 39.5 Å². The van der Waals surface area contributed by atoms with E-state index in [0.717, 1.165) is 22.9 Å². The molecule has 0 amide bonds. The second kappa shape index (κ2) is 9.23. The van der Waals surface area contributed by atoms with Crippen molar-refractivity contribution in [3.05, 3.63) is 81.3 Å². The second-order valence-corrected chi connectivity index (χ2v) is 8.52. The summed E-state index contributed by atoms with van der Waals surface area (Å²) >= 11 is 19.1. The van der Waals surface area contributed by atoms with Crippen LogP contribution in [0.2, 0.25) is 15.1 Å². The summed E-state index contributed by atoms with van der Waals surface area (Å²) in [6.45, 7) is 4.05. The number of aromatic nitrogens is 2. The molecule has 0 N–H and O–H groups in total. The fourth-order valence-electron chi connectivity index (χ4n) is 2.68. The summed E-state index contributed by atoms with van der Waals surface area (Å²) < 4.78 is 7.41. The highest BCUT2D eigenvalue weighted by Crippen LogP contribution is 2.41. The number of thioether (sulfide) groups is 1. The van der Waals surface area contributed by atoms with Gasteiger partial charge in [-0.15, -0.1) is 0 Å². The molecule has 28 heavy (non-hydrogen) atoms. The van der Waals surface area contributed by atoms with E-state index in [9.17, 15) is 4.79 Å². The number of benzene rings is 2. The Morgan fingerprint density at radius 3 is 2.36 bits per heavy atom. The third kappa shape index (κ3) is 5.03. The van der Waals surface area contributed by atoms with Crippen molar-refractivity contribution in [3.8, 4) is 5.75 Å². The second-order valence-electron chi connectivity index (χ2n) is 6.25. The van der Waals surface area contributed by atoms with Crippen molar-refractivity contribution in [1.29, 1.82) is 0 Å². The fourth-order valence-corrected chi connectivity index (χ4v) is 4.24. The number of carbonyl (C=O) groups is 1. The van der Waals surface area contributed by atoms with Crippen LogP contribution in [-0.4, -0.2) is 14.9 Å². The third-order valence-electron chi connectivity index (χ3n) is 4.22. The first kappa shape index (κ1) is 21.1. The zero-order valence-corrected chi connectivity index (χ0v) is 18.2. The first-order valence-corrected chi connectivity index (χ1v) is 10.4. The van der Waals surface area contributed by atoms with E-state index in [1.54, 1.807) is 12.5 Å². The molecule has 4 nitrogen and oxygen atoms in total. The van der Waals surface area contributed by atoms with Gasteiger partial charge in [-0.25, -0.2) is 9.78 Å². The molecule has 8 heteroatoms. The lowest BCUT2D eigenvalue weighted by molar-refractivity contribution is 0.227. The maximum Gasteiger partial charge on any atom is 0.373 e. The van der Waals surface area contributed by atoms with Gasteiger partial charge in [0.25, 0.3) is 0 Å². The van der Waals surface area contributed by atoms with Gasteiger partial charge in [0.1, 0.15) is 5.75 Å². The molecular formula is C20H17Cl3N2O2S. The molecular weight excluding hydrogens is 439 g/mol. The molecule has 2 aromatic carbocycles. The minimum absolute atomic E-state index is 0.0276. The van der Waals surface area contributed by atoms with Gasteiger partial charge >= 0.3 is 5.30 Å². The van der Waals surface area contributed by atoms with E-state index < -0.39 is 5.30 Å². The van der Waals surface area contributed by atoms with E-state index >= 15 is 0 Å². The van der Waals surface area contributed by atoms with E-state index in [-0.39, 0.29) is 32.1 Å².